The number of rotatable bonds is 2. The Morgan fingerprint density at radius 1 is 1.30 bits per heavy atom. The van der Waals surface area contributed by atoms with E-state index in [-0.39, 0.29) is 6.42 Å². The predicted molar refractivity (Wildman–Crippen MR) is 33.0 cm³/mol. The summed E-state index contributed by atoms with van der Waals surface area (Å²) < 4.78 is 33.9. The molecule has 0 aromatic rings. The zero-order chi connectivity index (χ0) is 8.04. The Balaban J connectivity index is 3.50. The van der Waals surface area contributed by atoms with Crippen LogP contribution in [0.4, 0.5) is 13.2 Å². The molecule has 0 aliphatic carbocycles. The van der Waals surface area contributed by atoms with Crippen molar-refractivity contribution in [3.05, 3.63) is 6.92 Å². The highest BCUT2D eigenvalue weighted by Gasteiger charge is 2.22. The van der Waals surface area contributed by atoms with E-state index in [0.717, 1.165) is 0 Å². The van der Waals surface area contributed by atoms with E-state index < -0.39 is 6.18 Å². The summed E-state index contributed by atoms with van der Waals surface area (Å²) in [5, 5.41) is 0. The van der Waals surface area contributed by atoms with E-state index >= 15 is 0 Å². The first-order valence-electron chi connectivity index (χ1n) is 2.92. The highest BCUT2D eigenvalue weighted by molar-refractivity contribution is 5.04. The van der Waals surface area contributed by atoms with Crippen molar-refractivity contribution in [2.75, 3.05) is 0 Å². The van der Waals surface area contributed by atoms with Crippen LogP contribution in [-0.2, 0) is 0 Å². The van der Waals surface area contributed by atoms with Crippen molar-refractivity contribution in [1.82, 2.24) is 0 Å². The quantitative estimate of drug-likeness (QED) is 0.418. The summed E-state index contributed by atoms with van der Waals surface area (Å²) in [6.45, 7) is 3.47. The van der Waals surface area contributed by atoms with Gasteiger partial charge in [-0.15, -0.1) is 0 Å². The molecule has 0 unspecified atom stereocenters. The molecule has 0 nitrogen and oxygen atoms in total. The number of hydrogen-bond donors (Lipinski definition) is 0. The Morgan fingerprint density at radius 2 is 1.90 bits per heavy atom. The Bertz CT molecular complexity index is 135. The minimum Gasteiger partial charge on any atom is -0.159 e. The molecule has 0 spiro atoms. The number of alkyl halides is 3. The lowest BCUT2D eigenvalue weighted by atomic mass is 10.2. The molecule has 10 heavy (non-hydrogen) atoms. The van der Waals surface area contributed by atoms with Gasteiger partial charge in [-0.2, -0.15) is 13.2 Å². The molecule has 0 aromatic heterocycles. The van der Waals surface area contributed by atoms with Crippen molar-refractivity contribution < 1.29 is 13.2 Å². The van der Waals surface area contributed by atoms with Crippen LogP contribution in [0.3, 0.4) is 0 Å². The molecule has 0 aromatic carbocycles. The van der Waals surface area contributed by atoms with Crippen LogP contribution in [0.2, 0.25) is 0 Å². The summed E-state index contributed by atoms with van der Waals surface area (Å²) in [4.78, 5) is 0. The summed E-state index contributed by atoms with van der Waals surface area (Å²) in [6.07, 6.45) is -2.79. The maximum absolute atomic E-state index is 11.3. The third kappa shape index (κ3) is 7.35. The highest BCUT2D eigenvalue weighted by atomic mass is 19.4. The Kier molecular flexibility index (Phi) is 3.94. The minimum absolute atomic E-state index is 0.281. The van der Waals surface area contributed by atoms with Gasteiger partial charge in [0.15, 0.2) is 0 Å². The van der Waals surface area contributed by atoms with E-state index in [0.29, 0.717) is 12.8 Å². The predicted octanol–water partition coefficient (Wildman–Crippen LogP) is 2.56. The summed E-state index contributed by atoms with van der Waals surface area (Å²) in [5.74, 6) is 3.19. The van der Waals surface area contributed by atoms with Crippen LogP contribution in [0, 0.1) is 18.8 Å². The maximum atomic E-state index is 11.3. The van der Waals surface area contributed by atoms with Crippen LogP contribution in [0.1, 0.15) is 19.3 Å². The van der Waals surface area contributed by atoms with E-state index in [1.54, 1.807) is 0 Å². The minimum atomic E-state index is -4.33. The zero-order valence-electron chi connectivity index (χ0n) is 5.46. The van der Waals surface area contributed by atoms with Gasteiger partial charge in [0.1, 0.15) is 0 Å². The molecule has 0 bridgehead atoms. The smallest absolute Gasteiger partial charge is 0.159 e. The molecular formula is C7H8F3. The molecule has 0 saturated heterocycles. The Labute approximate surface area is 58.4 Å². The van der Waals surface area contributed by atoms with E-state index in [1.165, 1.54) is 5.92 Å². The van der Waals surface area contributed by atoms with Gasteiger partial charge in [0.2, 0.25) is 0 Å². The van der Waals surface area contributed by atoms with E-state index in [9.17, 15) is 13.2 Å². The fraction of sp³-hybridized carbons (Fsp3) is 0.571. The molecule has 0 aliphatic rings. The van der Waals surface area contributed by atoms with Gasteiger partial charge in [0, 0.05) is 12.3 Å². The second kappa shape index (κ2) is 4.21. The summed E-state index contributed by atoms with van der Waals surface area (Å²) in [6, 6.07) is 0. The van der Waals surface area contributed by atoms with Crippen molar-refractivity contribution in [3.8, 4) is 11.8 Å². The Morgan fingerprint density at radius 3 is 2.30 bits per heavy atom. The van der Waals surface area contributed by atoms with Crippen molar-refractivity contribution >= 4 is 0 Å². The average molecular weight is 149 g/mol. The lowest BCUT2D eigenvalue weighted by Gasteiger charge is -1.91. The van der Waals surface area contributed by atoms with Gasteiger partial charge in [-0.25, -0.2) is 0 Å². The second-order valence-electron chi connectivity index (χ2n) is 1.76. The van der Waals surface area contributed by atoms with Crippen molar-refractivity contribution in [2.45, 2.75) is 25.4 Å². The molecule has 0 atom stereocenters. The lowest BCUT2D eigenvalue weighted by molar-refractivity contribution is -0.0697. The monoisotopic (exact) mass is 149 g/mol. The molecule has 0 saturated carbocycles. The molecule has 0 rings (SSSR count). The number of unbranched alkanes of at least 4 members (excludes halogenated alkanes) is 2. The molecule has 1 radical (unpaired) electrons. The third-order valence-electron chi connectivity index (χ3n) is 0.782. The third-order valence-corrected chi connectivity index (χ3v) is 0.782. The van der Waals surface area contributed by atoms with Gasteiger partial charge in [0.05, 0.1) is 0 Å². The summed E-state index contributed by atoms with van der Waals surface area (Å²) in [7, 11) is 0. The fourth-order valence-corrected chi connectivity index (χ4v) is 0.376. The molecular weight excluding hydrogens is 141 g/mol. The molecule has 0 aliphatic heterocycles. The lowest BCUT2D eigenvalue weighted by Crippen LogP contribution is -2.01. The van der Waals surface area contributed by atoms with Gasteiger partial charge >= 0.3 is 6.18 Å². The molecule has 3 heteroatoms. The van der Waals surface area contributed by atoms with Gasteiger partial charge in [-0.05, 0) is 6.42 Å². The first kappa shape index (κ1) is 9.35. The Hall–Kier alpha value is -0.650. The van der Waals surface area contributed by atoms with Crippen molar-refractivity contribution in [3.63, 3.8) is 0 Å². The van der Waals surface area contributed by atoms with E-state index in [1.807, 2.05) is 5.92 Å². The maximum Gasteiger partial charge on any atom is 0.457 e. The molecule has 0 amide bonds. The van der Waals surface area contributed by atoms with Crippen molar-refractivity contribution in [1.29, 1.82) is 0 Å². The summed E-state index contributed by atoms with van der Waals surface area (Å²) >= 11 is 0. The highest BCUT2D eigenvalue weighted by Crippen LogP contribution is 2.11. The van der Waals surface area contributed by atoms with E-state index in [2.05, 4.69) is 6.92 Å². The van der Waals surface area contributed by atoms with Crippen LogP contribution >= 0.6 is 0 Å². The molecule has 0 N–H and O–H groups in total. The molecule has 57 valence electrons. The first-order chi connectivity index (χ1) is 4.56. The topological polar surface area (TPSA) is 0 Å². The van der Waals surface area contributed by atoms with E-state index in [4.69, 9.17) is 0 Å². The van der Waals surface area contributed by atoms with Gasteiger partial charge in [0.25, 0.3) is 0 Å². The largest absolute Gasteiger partial charge is 0.457 e. The standard InChI is InChI=1S/C7H8F3/c1-2-3-4-5-6-7(8,9)10/h1-4H2. The van der Waals surface area contributed by atoms with Gasteiger partial charge < -0.3 is 0 Å². The van der Waals surface area contributed by atoms with Gasteiger partial charge in [-0.3, -0.25) is 0 Å². The SMILES string of the molecule is [CH2]CCCC#CC(F)(F)F. The number of halogens is 3. The first-order valence-corrected chi connectivity index (χ1v) is 2.92. The van der Waals surface area contributed by atoms with Crippen molar-refractivity contribution in [2.24, 2.45) is 0 Å². The van der Waals surface area contributed by atoms with Crippen LogP contribution in [-0.4, -0.2) is 6.18 Å². The molecule has 0 fully saturated rings. The van der Waals surface area contributed by atoms with Gasteiger partial charge in [-0.1, -0.05) is 19.3 Å². The molecule has 0 heterocycles. The normalized spacial score (nSPS) is 10.4. The van der Waals surface area contributed by atoms with Crippen LogP contribution in [0.25, 0.3) is 0 Å². The summed E-state index contributed by atoms with van der Waals surface area (Å²) in [5.41, 5.74) is 0. The number of hydrogen-bond acceptors (Lipinski definition) is 0. The zero-order valence-corrected chi connectivity index (χ0v) is 5.46. The average Bonchev–Trinajstić information content (AvgIpc) is 1.78. The van der Waals surface area contributed by atoms with Crippen LogP contribution < -0.4 is 0 Å². The fourth-order valence-electron chi connectivity index (χ4n) is 0.376. The van der Waals surface area contributed by atoms with Crippen LogP contribution in [0.15, 0.2) is 0 Å². The van der Waals surface area contributed by atoms with Crippen LogP contribution in [0.5, 0.6) is 0 Å². The second-order valence-corrected chi connectivity index (χ2v) is 1.76.